The van der Waals surface area contributed by atoms with Gasteiger partial charge in [0.15, 0.2) is 5.42 Å². The molecule has 0 amide bonds. The molecule has 0 atom stereocenters. The predicted molar refractivity (Wildman–Crippen MR) is 220 cm³/mol. The molecule has 252 valence electrons. The molecular formula is C48H31FN2OS. The summed E-state index contributed by atoms with van der Waals surface area (Å²) in [7, 11) is 0. The van der Waals surface area contributed by atoms with Crippen molar-refractivity contribution in [2.24, 2.45) is 0 Å². The highest BCUT2D eigenvalue weighted by Gasteiger charge is 2.22. The molecule has 0 bridgehead atoms. The number of furan rings is 1. The Hall–Kier alpha value is -6.43. The number of thiophene rings is 1. The number of hydrogen-bond acceptors (Lipinski definition) is 3. The van der Waals surface area contributed by atoms with Gasteiger partial charge in [-0.3, -0.25) is 0 Å². The van der Waals surface area contributed by atoms with E-state index in [1.807, 2.05) is 29.5 Å². The summed E-state index contributed by atoms with van der Waals surface area (Å²) in [5.74, 6) is -0.242. The van der Waals surface area contributed by atoms with Crippen molar-refractivity contribution in [3.05, 3.63) is 174 Å². The van der Waals surface area contributed by atoms with Gasteiger partial charge in [-0.15, -0.1) is 11.3 Å². The van der Waals surface area contributed by atoms with Crippen LogP contribution in [0.4, 0.5) is 15.8 Å². The Balaban J connectivity index is 1.08. The number of hydrogen-bond donors (Lipinski definition) is 0. The molecule has 1 aliphatic rings. The average Bonchev–Trinajstić information content (AvgIpc) is 3.88. The minimum absolute atomic E-state index is 0.242. The zero-order valence-corrected chi connectivity index (χ0v) is 29.4. The first-order valence-electron chi connectivity index (χ1n) is 18.0. The first kappa shape index (κ1) is 30.2. The molecule has 7 aromatic carbocycles. The van der Waals surface area contributed by atoms with Crippen molar-refractivity contribution in [2.45, 2.75) is 12.8 Å². The highest BCUT2D eigenvalue weighted by Crippen LogP contribution is 2.41. The SMILES string of the molecule is Fc1ccc(-n2c3ccccc3c3ccc(-c4ccc(N(C5=c6oc7ccccc7c6=CCC5)c5ccc6c(c5)sc5ccccc56)cc4)cc32)cc1. The lowest BCUT2D eigenvalue weighted by atomic mass is 10.0. The molecular weight excluding hydrogens is 672 g/mol. The largest absolute Gasteiger partial charge is 0.454 e. The third kappa shape index (κ3) is 4.78. The second-order valence-corrected chi connectivity index (χ2v) is 14.8. The summed E-state index contributed by atoms with van der Waals surface area (Å²) < 4.78 is 25.4. The van der Waals surface area contributed by atoms with E-state index in [4.69, 9.17) is 4.42 Å². The van der Waals surface area contributed by atoms with Crippen LogP contribution in [0.5, 0.6) is 0 Å². The van der Waals surface area contributed by atoms with Crippen LogP contribution >= 0.6 is 11.3 Å². The molecule has 0 spiro atoms. The molecule has 3 aromatic heterocycles. The van der Waals surface area contributed by atoms with Crippen LogP contribution in [0.25, 0.3) is 81.5 Å². The Morgan fingerprint density at radius 1 is 0.566 bits per heavy atom. The van der Waals surface area contributed by atoms with Gasteiger partial charge in [0.2, 0.25) is 0 Å². The molecule has 0 saturated carbocycles. The fourth-order valence-electron chi connectivity index (χ4n) is 8.30. The molecule has 53 heavy (non-hydrogen) atoms. The lowest BCUT2D eigenvalue weighted by Gasteiger charge is -2.28. The van der Waals surface area contributed by atoms with Crippen molar-refractivity contribution in [1.29, 1.82) is 0 Å². The number of halogens is 1. The van der Waals surface area contributed by atoms with Gasteiger partial charge in [-0.2, -0.15) is 0 Å². The minimum Gasteiger partial charge on any atom is -0.454 e. The molecule has 0 unspecified atom stereocenters. The van der Waals surface area contributed by atoms with Crippen LogP contribution in [-0.4, -0.2) is 4.57 Å². The zero-order valence-electron chi connectivity index (χ0n) is 28.6. The van der Waals surface area contributed by atoms with E-state index in [1.165, 1.54) is 48.3 Å². The summed E-state index contributed by atoms with van der Waals surface area (Å²) in [6.45, 7) is 0. The molecule has 3 heterocycles. The number of rotatable bonds is 5. The predicted octanol–water partition coefficient (Wildman–Crippen LogP) is 12.2. The fraction of sp³-hybridized carbons (Fsp3) is 0.0417. The van der Waals surface area contributed by atoms with Crippen LogP contribution in [0.15, 0.2) is 162 Å². The summed E-state index contributed by atoms with van der Waals surface area (Å²) in [6.07, 6.45) is 4.12. The third-order valence-corrected chi connectivity index (χ3v) is 11.9. The maximum absolute atomic E-state index is 14.0. The van der Waals surface area contributed by atoms with Crippen molar-refractivity contribution in [3.8, 4) is 16.8 Å². The highest BCUT2D eigenvalue weighted by atomic mass is 32.1. The number of aromatic nitrogens is 1. The smallest absolute Gasteiger partial charge is 0.154 e. The van der Waals surface area contributed by atoms with Gasteiger partial charge in [0.25, 0.3) is 0 Å². The second kappa shape index (κ2) is 11.8. The van der Waals surface area contributed by atoms with E-state index in [0.717, 1.165) is 74.1 Å². The number of fused-ring (bicyclic) bond motifs is 9. The molecule has 0 N–H and O–H groups in total. The Kier molecular flexibility index (Phi) is 6.73. The van der Waals surface area contributed by atoms with E-state index in [2.05, 4.69) is 143 Å². The zero-order chi connectivity index (χ0) is 35.0. The number of nitrogens with zero attached hydrogens (tertiary/aromatic N) is 2. The minimum atomic E-state index is -0.242. The van der Waals surface area contributed by atoms with Crippen LogP contribution in [0.2, 0.25) is 0 Å². The van der Waals surface area contributed by atoms with E-state index in [1.54, 1.807) is 0 Å². The van der Waals surface area contributed by atoms with Crippen LogP contribution in [0, 0.1) is 5.82 Å². The number of anilines is 2. The van der Waals surface area contributed by atoms with E-state index < -0.39 is 0 Å². The highest BCUT2D eigenvalue weighted by molar-refractivity contribution is 7.25. The molecule has 0 aliphatic heterocycles. The first-order valence-corrected chi connectivity index (χ1v) is 18.8. The summed E-state index contributed by atoms with van der Waals surface area (Å²) in [5, 5.41) is 7.25. The van der Waals surface area contributed by atoms with E-state index in [0.29, 0.717) is 0 Å². The van der Waals surface area contributed by atoms with Gasteiger partial charge in [-0.05, 0) is 96.8 Å². The Morgan fingerprint density at radius 3 is 2.11 bits per heavy atom. The molecule has 0 fully saturated rings. The second-order valence-electron chi connectivity index (χ2n) is 13.8. The quantitative estimate of drug-likeness (QED) is 0.178. The van der Waals surface area contributed by atoms with Crippen LogP contribution in [0.3, 0.4) is 0 Å². The summed E-state index contributed by atoms with van der Waals surface area (Å²) in [6, 6.07) is 54.6. The van der Waals surface area contributed by atoms with Gasteiger partial charge in [0.1, 0.15) is 11.4 Å². The van der Waals surface area contributed by atoms with Crippen molar-refractivity contribution in [1.82, 2.24) is 4.57 Å². The Bertz CT molecular complexity index is 3190. The van der Waals surface area contributed by atoms with Gasteiger partial charge in [0, 0.05) is 58.6 Å². The van der Waals surface area contributed by atoms with Crippen LogP contribution < -0.4 is 15.5 Å². The summed E-state index contributed by atoms with van der Waals surface area (Å²) >= 11 is 1.84. The maximum Gasteiger partial charge on any atom is 0.154 e. The van der Waals surface area contributed by atoms with Crippen molar-refractivity contribution < 1.29 is 8.81 Å². The normalized spacial score (nSPS) is 13.0. The van der Waals surface area contributed by atoms with Gasteiger partial charge in [0.05, 0.1) is 16.7 Å². The lowest BCUT2D eigenvalue weighted by molar-refractivity contribution is 0.566. The lowest BCUT2D eigenvalue weighted by Crippen LogP contribution is -2.32. The molecule has 11 rings (SSSR count). The van der Waals surface area contributed by atoms with E-state index >= 15 is 0 Å². The molecule has 0 radical (unpaired) electrons. The van der Waals surface area contributed by atoms with Crippen molar-refractivity contribution in [3.63, 3.8) is 0 Å². The Labute approximate surface area is 308 Å². The van der Waals surface area contributed by atoms with Crippen molar-refractivity contribution >= 4 is 87.4 Å². The number of para-hydroxylation sites is 2. The Morgan fingerprint density at radius 2 is 1.25 bits per heavy atom. The monoisotopic (exact) mass is 702 g/mol. The van der Waals surface area contributed by atoms with Crippen molar-refractivity contribution in [2.75, 3.05) is 4.90 Å². The summed E-state index contributed by atoms with van der Waals surface area (Å²) in [5.41, 5.74) is 10.6. The van der Waals surface area contributed by atoms with Gasteiger partial charge < -0.3 is 13.9 Å². The first-order chi connectivity index (χ1) is 26.2. The molecule has 10 aromatic rings. The molecule has 1 aliphatic carbocycles. The molecule has 0 saturated heterocycles. The van der Waals surface area contributed by atoms with Gasteiger partial charge in [-0.1, -0.05) is 91.0 Å². The fourth-order valence-corrected chi connectivity index (χ4v) is 9.44. The number of benzene rings is 7. The topological polar surface area (TPSA) is 21.3 Å². The van der Waals surface area contributed by atoms with E-state index in [9.17, 15) is 4.39 Å². The van der Waals surface area contributed by atoms with Crippen LogP contribution in [-0.2, 0) is 0 Å². The summed E-state index contributed by atoms with van der Waals surface area (Å²) in [4.78, 5) is 2.40. The molecule has 3 nitrogen and oxygen atoms in total. The maximum atomic E-state index is 14.0. The van der Waals surface area contributed by atoms with E-state index in [-0.39, 0.29) is 5.82 Å². The van der Waals surface area contributed by atoms with Crippen LogP contribution in [0.1, 0.15) is 12.8 Å². The standard InChI is InChI=1S/C48H31FN2OS/c49-32-19-23-34(24-20-32)51-42-12-4-1-8-36(42)37-26-18-31(28-44(37)51)30-16-21-33(22-17-30)50(35-25-27-40-39-10-3-6-15-46(39)53-47(40)29-35)43-13-7-11-41-38-9-2-5-14-45(38)52-48(41)43/h1-6,8-12,14-29H,7,13H2. The van der Waals surface area contributed by atoms with Gasteiger partial charge in [-0.25, -0.2) is 4.39 Å². The van der Waals surface area contributed by atoms with Gasteiger partial charge >= 0.3 is 0 Å². The average molecular weight is 703 g/mol. The molecule has 5 heteroatoms. The third-order valence-electron chi connectivity index (χ3n) is 10.7.